The summed E-state index contributed by atoms with van der Waals surface area (Å²) in [5, 5.41) is 12.8. The zero-order valence-corrected chi connectivity index (χ0v) is 21.5. The van der Waals surface area contributed by atoms with Gasteiger partial charge in [-0.05, 0) is 73.0 Å². The summed E-state index contributed by atoms with van der Waals surface area (Å²) in [5.74, 6) is 0.602. The molecule has 3 rings (SSSR count). The fourth-order valence-corrected chi connectivity index (χ4v) is 3.77. The largest absolute Gasteiger partial charge is 0.490 e. The SMILES string of the molecule is C=CCc1cc(/C=C(\C#N)C(=O)Nc2cccc(Cl)c2)cc(OCC)c1OCc1ccc(Br)cc1. The molecule has 3 aromatic carbocycles. The molecule has 0 bridgehead atoms. The Morgan fingerprint density at radius 3 is 2.60 bits per heavy atom. The van der Waals surface area contributed by atoms with E-state index in [1.807, 2.05) is 43.3 Å². The number of rotatable bonds is 10. The number of carbonyl (C=O) groups excluding carboxylic acids is 1. The molecule has 0 fully saturated rings. The topological polar surface area (TPSA) is 71.4 Å². The van der Waals surface area contributed by atoms with Crippen molar-refractivity contribution in [2.75, 3.05) is 11.9 Å². The zero-order chi connectivity index (χ0) is 25.2. The van der Waals surface area contributed by atoms with Crippen molar-refractivity contribution in [3.8, 4) is 17.6 Å². The van der Waals surface area contributed by atoms with Gasteiger partial charge in [0.05, 0.1) is 6.61 Å². The summed E-state index contributed by atoms with van der Waals surface area (Å²) < 4.78 is 13.0. The number of hydrogen-bond donors (Lipinski definition) is 1. The molecule has 3 aromatic rings. The van der Waals surface area contributed by atoms with Crippen molar-refractivity contribution >= 4 is 45.2 Å². The highest BCUT2D eigenvalue weighted by atomic mass is 79.9. The molecule has 5 nitrogen and oxygen atoms in total. The van der Waals surface area contributed by atoms with Gasteiger partial charge in [-0.15, -0.1) is 6.58 Å². The van der Waals surface area contributed by atoms with Gasteiger partial charge in [-0.3, -0.25) is 4.79 Å². The average Bonchev–Trinajstić information content (AvgIpc) is 2.83. The van der Waals surface area contributed by atoms with E-state index in [2.05, 4.69) is 27.8 Å². The summed E-state index contributed by atoms with van der Waals surface area (Å²) >= 11 is 9.42. The van der Waals surface area contributed by atoms with Crippen LogP contribution in [0.1, 0.15) is 23.6 Å². The van der Waals surface area contributed by atoms with Crippen molar-refractivity contribution < 1.29 is 14.3 Å². The predicted octanol–water partition coefficient (Wildman–Crippen LogP) is 7.35. The third-order valence-corrected chi connectivity index (χ3v) is 5.64. The molecule has 0 radical (unpaired) electrons. The van der Waals surface area contributed by atoms with Crippen LogP contribution >= 0.6 is 27.5 Å². The van der Waals surface area contributed by atoms with E-state index in [9.17, 15) is 10.1 Å². The first kappa shape index (κ1) is 26.1. The number of hydrogen-bond acceptors (Lipinski definition) is 4. The van der Waals surface area contributed by atoms with Gasteiger partial charge in [0.2, 0.25) is 0 Å². The maximum Gasteiger partial charge on any atom is 0.266 e. The molecule has 0 saturated heterocycles. The Balaban J connectivity index is 1.92. The third kappa shape index (κ3) is 7.48. The monoisotopic (exact) mass is 550 g/mol. The molecule has 0 heterocycles. The second-order valence-corrected chi connectivity index (χ2v) is 8.83. The lowest BCUT2D eigenvalue weighted by Crippen LogP contribution is -2.13. The van der Waals surface area contributed by atoms with Gasteiger partial charge < -0.3 is 14.8 Å². The van der Waals surface area contributed by atoms with Crippen LogP contribution < -0.4 is 14.8 Å². The van der Waals surface area contributed by atoms with E-state index < -0.39 is 5.91 Å². The molecular formula is C28H24BrClN2O3. The smallest absolute Gasteiger partial charge is 0.266 e. The molecule has 178 valence electrons. The highest BCUT2D eigenvalue weighted by Gasteiger charge is 2.15. The number of halogens is 2. The second kappa shape index (κ2) is 12.8. The van der Waals surface area contributed by atoms with Crippen molar-refractivity contribution in [3.63, 3.8) is 0 Å². The number of benzene rings is 3. The van der Waals surface area contributed by atoms with Gasteiger partial charge in [0, 0.05) is 20.7 Å². The van der Waals surface area contributed by atoms with Crippen LogP contribution in [-0.4, -0.2) is 12.5 Å². The molecule has 0 aliphatic heterocycles. The van der Waals surface area contributed by atoms with Crippen LogP contribution in [0.15, 0.2) is 83.4 Å². The second-order valence-electron chi connectivity index (χ2n) is 7.48. The molecule has 7 heteroatoms. The van der Waals surface area contributed by atoms with Gasteiger partial charge >= 0.3 is 0 Å². The van der Waals surface area contributed by atoms with Crippen LogP contribution in [0, 0.1) is 11.3 Å². The van der Waals surface area contributed by atoms with E-state index in [0.29, 0.717) is 47.4 Å². The van der Waals surface area contributed by atoms with E-state index in [1.54, 1.807) is 36.4 Å². The van der Waals surface area contributed by atoms with Gasteiger partial charge in [-0.25, -0.2) is 0 Å². The van der Waals surface area contributed by atoms with Crippen LogP contribution in [0.4, 0.5) is 5.69 Å². The van der Waals surface area contributed by atoms with Crippen molar-refractivity contribution in [1.29, 1.82) is 5.26 Å². The molecular weight excluding hydrogens is 528 g/mol. The summed E-state index contributed by atoms with van der Waals surface area (Å²) in [6.45, 7) is 6.51. The Kier molecular flexibility index (Phi) is 9.54. The maximum atomic E-state index is 12.7. The van der Waals surface area contributed by atoms with E-state index in [4.69, 9.17) is 21.1 Å². The fourth-order valence-electron chi connectivity index (χ4n) is 3.32. The Bertz CT molecular complexity index is 1280. The highest BCUT2D eigenvalue weighted by molar-refractivity contribution is 9.10. The lowest BCUT2D eigenvalue weighted by molar-refractivity contribution is -0.112. The first-order valence-corrected chi connectivity index (χ1v) is 12.1. The molecule has 35 heavy (non-hydrogen) atoms. The molecule has 0 atom stereocenters. The highest BCUT2D eigenvalue weighted by Crippen LogP contribution is 2.35. The zero-order valence-electron chi connectivity index (χ0n) is 19.2. The van der Waals surface area contributed by atoms with Crippen LogP contribution in [0.25, 0.3) is 6.08 Å². The summed E-state index contributed by atoms with van der Waals surface area (Å²) in [4.78, 5) is 12.7. The summed E-state index contributed by atoms with van der Waals surface area (Å²) in [6.07, 6.45) is 3.81. The minimum Gasteiger partial charge on any atom is -0.490 e. The first-order valence-electron chi connectivity index (χ1n) is 10.9. The third-order valence-electron chi connectivity index (χ3n) is 4.87. The number of nitrogens with one attached hydrogen (secondary N) is 1. The molecule has 0 aliphatic rings. The molecule has 0 spiro atoms. The number of nitrogens with zero attached hydrogens (tertiary/aromatic N) is 1. The molecule has 0 aliphatic carbocycles. The van der Waals surface area contributed by atoms with E-state index in [-0.39, 0.29) is 5.57 Å². The van der Waals surface area contributed by atoms with Gasteiger partial charge in [0.25, 0.3) is 5.91 Å². The van der Waals surface area contributed by atoms with Crippen LogP contribution in [-0.2, 0) is 17.8 Å². The van der Waals surface area contributed by atoms with Gasteiger partial charge in [-0.1, -0.05) is 51.8 Å². The van der Waals surface area contributed by atoms with E-state index in [1.165, 1.54) is 6.08 Å². The van der Waals surface area contributed by atoms with Crippen LogP contribution in [0.5, 0.6) is 11.5 Å². The van der Waals surface area contributed by atoms with E-state index >= 15 is 0 Å². The lowest BCUT2D eigenvalue weighted by atomic mass is 10.0. The number of allylic oxidation sites excluding steroid dienone is 1. The first-order chi connectivity index (χ1) is 16.9. The summed E-state index contributed by atoms with van der Waals surface area (Å²) in [5.41, 5.74) is 2.93. The van der Waals surface area contributed by atoms with Crippen molar-refractivity contribution in [2.45, 2.75) is 20.0 Å². The Labute approximate surface area is 218 Å². The quantitative estimate of drug-likeness (QED) is 0.162. The number of nitriles is 1. The molecule has 0 aromatic heterocycles. The molecule has 0 unspecified atom stereocenters. The number of amides is 1. The van der Waals surface area contributed by atoms with Crippen LogP contribution in [0.2, 0.25) is 5.02 Å². The molecule has 1 amide bonds. The van der Waals surface area contributed by atoms with Crippen molar-refractivity contribution in [2.24, 2.45) is 0 Å². The summed E-state index contributed by atoms with van der Waals surface area (Å²) in [6, 6.07) is 20.2. The predicted molar refractivity (Wildman–Crippen MR) is 144 cm³/mol. The number of ether oxygens (including phenoxy) is 2. The van der Waals surface area contributed by atoms with Gasteiger partial charge in [0.15, 0.2) is 11.5 Å². The Morgan fingerprint density at radius 2 is 1.94 bits per heavy atom. The fraction of sp³-hybridized carbons (Fsp3) is 0.143. The maximum absolute atomic E-state index is 12.7. The van der Waals surface area contributed by atoms with Crippen molar-refractivity contribution in [3.05, 3.63) is 105 Å². The summed E-state index contributed by atoms with van der Waals surface area (Å²) in [7, 11) is 0. The van der Waals surface area contributed by atoms with E-state index in [0.717, 1.165) is 15.6 Å². The minimum atomic E-state index is -0.534. The lowest BCUT2D eigenvalue weighted by Gasteiger charge is -2.17. The molecule has 1 N–H and O–H groups in total. The number of anilines is 1. The Hall–Kier alpha value is -3.53. The van der Waals surface area contributed by atoms with Crippen LogP contribution in [0.3, 0.4) is 0 Å². The van der Waals surface area contributed by atoms with Gasteiger partial charge in [-0.2, -0.15) is 5.26 Å². The minimum absolute atomic E-state index is 0.0551. The normalized spacial score (nSPS) is 10.9. The standard InChI is InChI=1S/C28H24BrClN2O3/c1-3-6-21-13-20(14-22(17-31)28(33)32-25-8-5-7-24(30)16-25)15-26(34-4-2)27(21)35-18-19-9-11-23(29)12-10-19/h3,5,7-16H,1,4,6,18H2,2H3,(H,32,33)/b22-14+. The van der Waals surface area contributed by atoms with Gasteiger partial charge in [0.1, 0.15) is 18.2 Å². The molecule has 0 saturated carbocycles. The van der Waals surface area contributed by atoms with Crippen molar-refractivity contribution in [1.82, 2.24) is 0 Å². The Morgan fingerprint density at radius 1 is 1.17 bits per heavy atom. The number of carbonyl (C=O) groups is 1. The average molecular weight is 552 g/mol.